The number of methoxy groups -OCH3 is 2. The van der Waals surface area contributed by atoms with Gasteiger partial charge >= 0.3 is 0 Å². The van der Waals surface area contributed by atoms with Crippen LogP contribution in [0.3, 0.4) is 0 Å². The van der Waals surface area contributed by atoms with Gasteiger partial charge in [-0.15, -0.1) is 0 Å². The third-order valence-corrected chi connectivity index (χ3v) is 10.1. The van der Waals surface area contributed by atoms with Crippen molar-refractivity contribution in [3.05, 3.63) is 81.3 Å². The van der Waals surface area contributed by atoms with Crippen molar-refractivity contribution in [3.8, 4) is 28.7 Å². The zero-order chi connectivity index (χ0) is 37.0. The van der Waals surface area contributed by atoms with Crippen LogP contribution in [0.1, 0.15) is 33.3 Å². The average molecular weight is 713 g/mol. The number of hydrogen-bond donors (Lipinski definition) is 2. The zero-order valence-corrected chi connectivity index (χ0v) is 31.1. The number of likely N-dealkylation sites (N-methyl/N-ethyl adjacent to an activating group) is 1. The number of nitriles is 1. The quantitative estimate of drug-likeness (QED) is 0.149. The summed E-state index contributed by atoms with van der Waals surface area (Å²) in [6, 6.07) is 15.3. The first kappa shape index (κ1) is 37.3. The predicted molar refractivity (Wildman–Crippen MR) is 202 cm³/mol. The van der Waals surface area contributed by atoms with Crippen molar-refractivity contribution in [2.75, 3.05) is 52.0 Å². The monoisotopic (exact) mass is 712 g/mol. The maximum atomic E-state index is 14.1. The Hall–Kier alpha value is -4.96. The first-order valence-corrected chi connectivity index (χ1v) is 17.2. The molecule has 268 valence electrons. The first-order chi connectivity index (χ1) is 24.3. The third-order valence-electron chi connectivity index (χ3n) is 9.68. The molecule has 2 N–H and O–H groups in total. The predicted octanol–water partition coefficient (Wildman–Crippen LogP) is 5.60. The minimum atomic E-state index is -0.488. The smallest absolute Gasteiger partial charge is 0.266 e. The molecule has 3 heterocycles. The fourth-order valence-electron chi connectivity index (χ4n) is 6.38. The molecule has 1 aliphatic heterocycles. The second-order valence-electron chi connectivity index (χ2n) is 13.4. The lowest BCUT2D eigenvalue weighted by Crippen LogP contribution is -2.60. The summed E-state index contributed by atoms with van der Waals surface area (Å²) in [5, 5.41) is 16.7. The Balaban J connectivity index is 1.37. The standard InChI is InChI=1S/C38H45ClN8O4/c1-23-21-46(22-24(2)45(23)6)38(3,4)18-27(19-40)35(48)43-28-11-9-25(10-12-28)13-14-47-34-26(20-42-37(41-5)44-34)15-31(36(47)49)30-16-29(50-7)17-32(51-8)33(30)39/h9-12,15-18,20,23-24H,13-14,21-22H2,1-8H3,(H,43,48)(H,41,42,44)/t23-,24+. The number of anilines is 2. The van der Waals surface area contributed by atoms with Crippen LogP contribution in [0, 0.1) is 11.3 Å². The molecule has 5 rings (SSSR count). The van der Waals surface area contributed by atoms with Crippen LogP contribution < -0.4 is 25.7 Å². The number of aryl methyl sites for hydroxylation is 2. The van der Waals surface area contributed by atoms with Gasteiger partial charge in [-0.2, -0.15) is 10.2 Å². The number of ether oxygens (including phenoxy) is 2. The van der Waals surface area contributed by atoms with Gasteiger partial charge in [-0.25, -0.2) is 4.98 Å². The molecule has 0 unspecified atom stereocenters. The molecule has 0 spiro atoms. The van der Waals surface area contributed by atoms with Crippen LogP contribution >= 0.6 is 11.6 Å². The molecule has 2 atom stereocenters. The lowest BCUT2D eigenvalue weighted by molar-refractivity contribution is -0.112. The first-order valence-electron chi connectivity index (χ1n) is 16.8. The fraction of sp³-hybridized carbons (Fsp3) is 0.395. The number of halogens is 1. The third kappa shape index (κ3) is 8.01. The number of carbonyl (C=O) groups is 1. The summed E-state index contributed by atoms with van der Waals surface area (Å²) < 4.78 is 12.5. The van der Waals surface area contributed by atoms with E-state index in [2.05, 4.69) is 57.4 Å². The van der Waals surface area contributed by atoms with Crippen molar-refractivity contribution >= 4 is 40.2 Å². The highest BCUT2D eigenvalue weighted by Crippen LogP contribution is 2.38. The highest BCUT2D eigenvalue weighted by molar-refractivity contribution is 6.35. The highest BCUT2D eigenvalue weighted by atomic mass is 35.5. The van der Waals surface area contributed by atoms with Gasteiger partial charge in [0.1, 0.15) is 28.8 Å². The van der Waals surface area contributed by atoms with Gasteiger partial charge in [0.05, 0.1) is 19.2 Å². The normalized spacial score (nSPS) is 17.2. The van der Waals surface area contributed by atoms with Crippen LogP contribution in [0.5, 0.6) is 11.5 Å². The molecule has 0 saturated carbocycles. The van der Waals surface area contributed by atoms with Crippen LogP contribution in [-0.4, -0.2) is 89.3 Å². The number of rotatable bonds is 11. The van der Waals surface area contributed by atoms with Gasteiger partial charge in [0.2, 0.25) is 5.95 Å². The van der Waals surface area contributed by atoms with Crippen LogP contribution in [0.4, 0.5) is 11.6 Å². The van der Waals surface area contributed by atoms with Crippen LogP contribution in [-0.2, 0) is 17.8 Å². The maximum Gasteiger partial charge on any atom is 0.266 e. The Labute approximate surface area is 303 Å². The topological polar surface area (TPSA) is 138 Å². The molecule has 4 aromatic rings. The summed E-state index contributed by atoms with van der Waals surface area (Å²) >= 11 is 6.71. The van der Waals surface area contributed by atoms with Gasteiger partial charge in [-0.1, -0.05) is 23.7 Å². The molecule has 0 bridgehead atoms. The Morgan fingerprint density at radius 2 is 1.78 bits per heavy atom. The zero-order valence-electron chi connectivity index (χ0n) is 30.4. The number of nitrogens with zero attached hydrogens (tertiary/aromatic N) is 6. The number of aromatic nitrogens is 3. The second-order valence-corrected chi connectivity index (χ2v) is 13.8. The average Bonchev–Trinajstić information content (AvgIpc) is 3.12. The minimum absolute atomic E-state index is 0.0612. The lowest BCUT2D eigenvalue weighted by atomic mass is 9.95. The van der Waals surface area contributed by atoms with Crippen LogP contribution in [0.15, 0.2) is 65.1 Å². The van der Waals surface area contributed by atoms with Gasteiger partial charge < -0.3 is 20.1 Å². The number of hydrogen-bond acceptors (Lipinski definition) is 10. The molecule has 1 saturated heterocycles. The van der Waals surface area contributed by atoms with E-state index in [4.69, 9.17) is 21.1 Å². The van der Waals surface area contributed by atoms with E-state index in [-0.39, 0.29) is 16.2 Å². The van der Waals surface area contributed by atoms with E-state index in [0.29, 0.717) is 70.3 Å². The Morgan fingerprint density at radius 3 is 2.39 bits per heavy atom. The van der Waals surface area contributed by atoms with Crippen molar-refractivity contribution < 1.29 is 14.3 Å². The van der Waals surface area contributed by atoms with E-state index in [0.717, 1.165) is 18.7 Å². The number of fused-ring (bicyclic) bond motifs is 1. The van der Waals surface area contributed by atoms with E-state index in [9.17, 15) is 14.9 Å². The Kier molecular flexibility index (Phi) is 11.3. The summed E-state index contributed by atoms with van der Waals surface area (Å²) in [6.45, 7) is 10.4. The van der Waals surface area contributed by atoms with Crippen LogP contribution in [0.25, 0.3) is 22.2 Å². The van der Waals surface area contributed by atoms with Crippen molar-refractivity contribution in [1.82, 2.24) is 24.3 Å². The molecular weight excluding hydrogens is 668 g/mol. The van der Waals surface area contributed by atoms with Crippen molar-refractivity contribution in [1.29, 1.82) is 5.26 Å². The SMILES string of the molecule is CNc1ncc2cc(-c3cc(OC)cc(OC)c3Cl)c(=O)n(CCc3ccc(NC(=O)C(C#N)=CC(C)(C)N4C[C@@H](C)N(C)[C@@H](C)C4)cc3)c2n1. The van der Waals surface area contributed by atoms with Gasteiger partial charge in [0, 0.05) is 78.8 Å². The van der Waals surface area contributed by atoms with Crippen molar-refractivity contribution in [2.45, 2.75) is 58.3 Å². The van der Waals surface area contributed by atoms with E-state index in [1.807, 2.05) is 26.0 Å². The summed E-state index contributed by atoms with van der Waals surface area (Å²) in [4.78, 5) is 41.0. The number of carbonyl (C=O) groups excluding carboxylic acids is 1. The molecule has 51 heavy (non-hydrogen) atoms. The van der Waals surface area contributed by atoms with Crippen molar-refractivity contribution in [2.24, 2.45) is 0 Å². The Bertz CT molecular complexity index is 2040. The molecule has 2 aromatic heterocycles. The van der Waals surface area contributed by atoms with Gasteiger partial charge in [0.25, 0.3) is 11.5 Å². The molecule has 1 aliphatic rings. The molecule has 12 nitrogen and oxygen atoms in total. The molecule has 1 amide bonds. The molecule has 2 aromatic carbocycles. The fourth-order valence-corrected chi connectivity index (χ4v) is 6.67. The molecular formula is C38H45ClN8O4. The summed E-state index contributed by atoms with van der Waals surface area (Å²) in [5.74, 6) is 0.792. The largest absolute Gasteiger partial charge is 0.497 e. The number of benzene rings is 2. The molecule has 1 fully saturated rings. The van der Waals surface area contributed by atoms with Crippen LogP contribution in [0.2, 0.25) is 5.02 Å². The maximum absolute atomic E-state index is 14.1. The van der Waals surface area contributed by atoms with Gasteiger partial charge in [-0.05, 0) is 77.1 Å². The van der Waals surface area contributed by atoms with E-state index in [1.165, 1.54) is 14.2 Å². The summed E-state index contributed by atoms with van der Waals surface area (Å²) in [5.41, 5.74) is 2.06. The number of nitrogens with one attached hydrogen (secondary N) is 2. The lowest BCUT2D eigenvalue weighted by Gasteiger charge is -2.48. The highest BCUT2D eigenvalue weighted by Gasteiger charge is 2.35. The second kappa shape index (κ2) is 15.5. The van der Waals surface area contributed by atoms with E-state index < -0.39 is 11.4 Å². The van der Waals surface area contributed by atoms with Gasteiger partial charge in [-0.3, -0.25) is 24.0 Å². The summed E-state index contributed by atoms with van der Waals surface area (Å²) in [7, 11) is 6.88. The van der Waals surface area contributed by atoms with E-state index >= 15 is 0 Å². The molecule has 0 aliphatic carbocycles. The summed E-state index contributed by atoms with van der Waals surface area (Å²) in [6.07, 6.45) is 3.91. The minimum Gasteiger partial charge on any atom is -0.497 e. The number of amides is 1. The van der Waals surface area contributed by atoms with E-state index in [1.54, 1.807) is 54.2 Å². The van der Waals surface area contributed by atoms with Crippen molar-refractivity contribution in [3.63, 3.8) is 0 Å². The number of piperazine rings is 1. The molecule has 13 heteroatoms. The Morgan fingerprint density at radius 1 is 1.10 bits per heavy atom. The van der Waals surface area contributed by atoms with Gasteiger partial charge in [0.15, 0.2) is 0 Å². The number of pyridine rings is 1. The molecule has 0 radical (unpaired) electrons.